The maximum absolute atomic E-state index is 12.6. The molecule has 0 unspecified atom stereocenters. The van der Waals surface area contributed by atoms with Gasteiger partial charge in [0.05, 0.1) is 20.6 Å². The van der Waals surface area contributed by atoms with Gasteiger partial charge < -0.3 is 5.32 Å². The summed E-state index contributed by atoms with van der Waals surface area (Å²) >= 11 is 9.03. The highest BCUT2D eigenvalue weighted by molar-refractivity contribution is 7.98. The van der Waals surface area contributed by atoms with Crippen molar-refractivity contribution in [2.24, 2.45) is 0 Å². The fraction of sp³-hybridized carbons (Fsp3) is 0.176. The molecule has 1 amide bonds. The van der Waals surface area contributed by atoms with Gasteiger partial charge in [0.1, 0.15) is 5.82 Å². The Morgan fingerprint density at radius 2 is 2.17 bits per heavy atom. The average Bonchev–Trinajstić information content (AvgIpc) is 3.24. The smallest absolute Gasteiger partial charge is 0.266 e. The predicted molar refractivity (Wildman–Crippen MR) is 101 cm³/mol. The van der Waals surface area contributed by atoms with Gasteiger partial charge in [0.15, 0.2) is 0 Å². The summed E-state index contributed by atoms with van der Waals surface area (Å²) in [5.74, 6) is 2.35. The molecule has 2 aromatic heterocycles. The molecule has 0 radical (unpaired) electrons. The van der Waals surface area contributed by atoms with Crippen molar-refractivity contribution in [3.05, 3.63) is 62.4 Å². The number of amides is 1. The monoisotopic (exact) mass is 375 g/mol. The highest BCUT2D eigenvalue weighted by Crippen LogP contribution is 2.36. The first-order chi connectivity index (χ1) is 11.6. The van der Waals surface area contributed by atoms with Crippen LogP contribution in [0.2, 0.25) is 4.34 Å². The number of anilines is 1. The van der Waals surface area contributed by atoms with Crippen LogP contribution < -0.4 is 5.32 Å². The van der Waals surface area contributed by atoms with Gasteiger partial charge in [-0.05, 0) is 36.8 Å². The van der Waals surface area contributed by atoms with Gasteiger partial charge in [-0.1, -0.05) is 23.7 Å². The largest absolute Gasteiger partial charge is 0.305 e. The van der Waals surface area contributed by atoms with Gasteiger partial charge in [-0.25, -0.2) is 4.68 Å². The molecule has 122 valence electrons. The molecule has 0 atom stereocenters. The van der Waals surface area contributed by atoms with Crippen LogP contribution in [0.5, 0.6) is 0 Å². The van der Waals surface area contributed by atoms with E-state index in [4.69, 9.17) is 16.7 Å². The predicted octanol–water partition coefficient (Wildman–Crippen LogP) is 4.89. The Labute approximate surface area is 152 Å². The lowest BCUT2D eigenvalue weighted by Crippen LogP contribution is -2.15. The lowest BCUT2D eigenvalue weighted by molar-refractivity contribution is 0.102. The third kappa shape index (κ3) is 2.85. The number of hydrogen-bond donors (Lipinski definition) is 1. The maximum atomic E-state index is 12.6. The first-order valence-electron chi connectivity index (χ1n) is 7.44. The second kappa shape index (κ2) is 6.27. The molecule has 4 nitrogen and oxygen atoms in total. The molecule has 3 heterocycles. The number of nitrogens with one attached hydrogen (secondary N) is 1. The summed E-state index contributed by atoms with van der Waals surface area (Å²) < 4.78 is 2.44. The van der Waals surface area contributed by atoms with Gasteiger partial charge in [-0.2, -0.15) is 16.9 Å². The molecule has 7 heteroatoms. The zero-order valence-electron chi connectivity index (χ0n) is 12.9. The molecule has 0 aliphatic carbocycles. The van der Waals surface area contributed by atoms with E-state index in [9.17, 15) is 4.79 Å². The summed E-state index contributed by atoms with van der Waals surface area (Å²) in [4.78, 5) is 13.2. The summed E-state index contributed by atoms with van der Waals surface area (Å²) in [5, 5.41) is 7.75. The second-order valence-corrected chi connectivity index (χ2v) is 8.28. The van der Waals surface area contributed by atoms with Crippen LogP contribution in [-0.4, -0.2) is 15.7 Å². The molecule has 0 fully saturated rings. The fourth-order valence-corrected chi connectivity index (χ4v) is 4.67. The van der Waals surface area contributed by atoms with Crippen molar-refractivity contribution in [3.63, 3.8) is 0 Å². The van der Waals surface area contributed by atoms with Crippen molar-refractivity contribution < 1.29 is 4.79 Å². The SMILES string of the molecule is Cc1cccc(-n2nc3c(c2NC(=O)c2ccc(Cl)s2)CSC3)c1. The van der Waals surface area contributed by atoms with Crippen LogP contribution in [0.25, 0.3) is 5.69 Å². The van der Waals surface area contributed by atoms with Gasteiger partial charge in [-0.3, -0.25) is 4.79 Å². The molecule has 24 heavy (non-hydrogen) atoms. The van der Waals surface area contributed by atoms with Crippen LogP contribution in [0, 0.1) is 6.92 Å². The van der Waals surface area contributed by atoms with Gasteiger partial charge in [0, 0.05) is 17.1 Å². The highest BCUT2D eigenvalue weighted by atomic mass is 35.5. The first kappa shape index (κ1) is 15.7. The molecule has 1 N–H and O–H groups in total. The Morgan fingerprint density at radius 3 is 2.92 bits per heavy atom. The number of carbonyl (C=O) groups excluding carboxylic acids is 1. The van der Waals surface area contributed by atoms with E-state index in [1.165, 1.54) is 11.3 Å². The van der Waals surface area contributed by atoms with Crippen LogP contribution in [0.3, 0.4) is 0 Å². The number of halogens is 1. The third-order valence-electron chi connectivity index (χ3n) is 3.83. The van der Waals surface area contributed by atoms with Crippen molar-refractivity contribution >= 4 is 46.4 Å². The van der Waals surface area contributed by atoms with Gasteiger partial charge in [0.25, 0.3) is 5.91 Å². The Morgan fingerprint density at radius 1 is 1.29 bits per heavy atom. The molecule has 1 aliphatic rings. The molecule has 1 aromatic carbocycles. The Balaban J connectivity index is 1.75. The number of benzene rings is 1. The van der Waals surface area contributed by atoms with Gasteiger partial charge >= 0.3 is 0 Å². The zero-order chi connectivity index (χ0) is 16.7. The van der Waals surface area contributed by atoms with E-state index in [0.717, 1.165) is 39.8 Å². The molecule has 1 aliphatic heterocycles. The van der Waals surface area contributed by atoms with Crippen LogP contribution in [0.4, 0.5) is 5.82 Å². The molecule has 0 spiro atoms. The second-order valence-electron chi connectivity index (χ2n) is 5.58. The number of aromatic nitrogens is 2. The molecule has 0 saturated heterocycles. The van der Waals surface area contributed by atoms with E-state index in [1.54, 1.807) is 12.1 Å². The summed E-state index contributed by atoms with van der Waals surface area (Å²) in [7, 11) is 0. The minimum absolute atomic E-state index is 0.152. The summed E-state index contributed by atoms with van der Waals surface area (Å²) in [6.07, 6.45) is 0. The minimum Gasteiger partial charge on any atom is -0.305 e. The van der Waals surface area contributed by atoms with Crippen LogP contribution in [-0.2, 0) is 11.5 Å². The normalized spacial score (nSPS) is 13.1. The molecule has 4 rings (SSSR count). The standard InChI is InChI=1S/C17H14ClN3OS2/c1-10-3-2-4-11(7-10)21-16(12-8-23-9-13(12)20-21)19-17(22)14-5-6-15(18)24-14/h2-7H,8-9H2,1H3,(H,19,22). The lowest BCUT2D eigenvalue weighted by atomic mass is 10.2. The highest BCUT2D eigenvalue weighted by Gasteiger charge is 2.25. The van der Waals surface area contributed by atoms with E-state index in [2.05, 4.69) is 11.4 Å². The topological polar surface area (TPSA) is 46.9 Å². The zero-order valence-corrected chi connectivity index (χ0v) is 15.3. The van der Waals surface area contributed by atoms with E-state index in [-0.39, 0.29) is 5.91 Å². The quantitative estimate of drug-likeness (QED) is 0.708. The van der Waals surface area contributed by atoms with Crippen molar-refractivity contribution in [1.82, 2.24) is 9.78 Å². The van der Waals surface area contributed by atoms with Crippen LogP contribution in [0.15, 0.2) is 36.4 Å². The number of thiophene rings is 1. The molecular weight excluding hydrogens is 362 g/mol. The molecule has 0 saturated carbocycles. The van der Waals surface area contributed by atoms with Crippen molar-refractivity contribution in [3.8, 4) is 5.69 Å². The van der Waals surface area contributed by atoms with Crippen LogP contribution >= 0.6 is 34.7 Å². The average molecular weight is 376 g/mol. The number of fused-ring (bicyclic) bond motifs is 1. The van der Waals surface area contributed by atoms with Crippen molar-refractivity contribution in [2.45, 2.75) is 18.4 Å². The van der Waals surface area contributed by atoms with Crippen LogP contribution in [0.1, 0.15) is 26.5 Å². The number of carbonyl (C=O) groups is 1. The number of nitrogens with zero attached hydrogens (tertiary/aromatic N) is 2. The van der Waals surface area contributed by atoms with Crippen molar-refractivity contribution in [2.75, 3.05) is 5.32 Å². The maximum Gasteiger partial charge on any atom is 0.266 e. The lowest BCUT2D eigenvalue weighted by Gasteiger charge is -2.11. The number of hydrogen-bond acceptors (Lipinski definition) is 4. The first-order valence-corrected chi connectivity index (χ1v) is 9.79. The number of rotatable bonds is 3. The number of thioether (sulfide) groups is 1. The van der Waals surface area contributed by atoms with E-state index in [1.807, 2.05) is 41.6 Å². The van der Waals surface area contributed by atoms with E-state index >= 15 is 0 Å². The minimum atomic E-state index is -0.152. The Bertz CT molecular complexity index is 932. The third-order valence-corrected chi connectivity index (χ3v) is 6.03. The van der Waals surface area contributed by atoms with E-state index in [0.29, 0.717) is 9.21 Å². The van der Waals surface area contributed by atoms with E-state index < -0.39 is 0 Å². The summed E-state index contributed by atoms with van der Waals surface area (Å²) in [6.45, 7) is 2.04. The summed E-state index contributed by atoms with van der Waals surface area (Å²) in [6, 6.07) is 11.6. The van der Waals surface area contributed by atoms with Gasteiger partial charge in [-0.15, -0.1) is 11.3 Å². The number of aryl methyl sites for hydroxylation is 1. The Hall–Kier alpha value is -1.76. The molecule has 0 bridgehead atoms. The Kier molecular flexibility index (Phi) is 4.12. The molecular formula is C17H14ClN3OS2. The fourth-order valence-electron chi connectivity index (χ4n) is 2.69. The van der Waals surface area contributed by atoms with Gasteiger partial charge in [0.2, 0.25) is 0 Å². The van der Waals surface area contributed by atoms with Crippen molar-refractivity contribution in [1.29, 1.82) is 0 Å². The summed E-state index contributed by atoms with van der Waals surface area (Å²) in [5.41, 5.74) is 4.26. The molecule has 3 aromatic rings.